The third-order valence-electron chi connectivity index (χ3n) is 1.77. The Morgan fingerprint density at radius 2 is 2.14 bits per heavy atom. The maximum absolute atomic E-state index is 11.1. The van der Waals surface area contributed by atoms with Crippen molar-refractivity contribution in [2.45, 2.75) is 6.04 Å². The summed E-state index contributed by atoms with van der Waals surface area (Å²) < 4.78 is 4.50. The van der Waals surface area contributed by atoms with Crippen molar-refractivity contribution in [2.75, 3.05) is 7.11 Å². The number of hydrogen-bond acceptors (Lipinski definition) is 3. The molecule has 76 valence electrons. The first-order valence-corrected chi connectivity index (χ1v) is 4.61. The molecule has 0 aromatic heterocycles. The second kappa shape index (κ2) is 4.64. The predicted octanol–water partition coefficient (Wildman–Crippen LogP) is 2.17. The summed E-state index contributed by atoms with van der Waals surface area (Å²) in [6, 6.07) is 4.03. The maximum Gasteiger partial charge on any atom is 0.327 e. The molecule has 0 saturated heterocycles. The second-order valence-corrected chi connectivity index (χ2v) is 3.43. The highest BCUT2D eigenvalue weighted by molar-refractivity contribution is 6.42. The molecule has 1 atom stereocenters. The quantitative estimate of drug-likeness (QED) is 0.797. The van der Waals surface area contributed by atoms with Gasteiger partial charge in [-0.3, -0.25) is 4.79 Å². The molecule has 1 unspecified atom stereocenters. The molecule has 5 heteroatoms. The standard InChI is InChI=1S/C9H9Cl2NO2/c1-14-9(13)8(12)5-3-2-4-6(10)7(5)11/h2-4,8H,12H2,1H3. The van der Waals surface area contributed by atoms with Crippen molar-refractivity contribution >= 4 is 29.2 Å². The van der Waals surface area contributed by atoms with E-state index >= 15 is 0 Å². The normalized spacial score (nSPS) is 12.3. The van der Waals surface area contributed by atoms with Crippen LogP contribution in [0.4, 0.5) is 0 Å². The lowest BCUT2D eigenvalue weighted by Crippen LogP contribution is -2.22. The Bertz CT molecular complexity index is 355. The molecule has 0 amide bonds. The van der Waals surface area contributed by atoms with E-state index in [9.17, 15) is 4.79 Å². The molecule has 0 spiro atoms. The summed E-state index contributed by atoms with van der Waals surface area (Å²) in [7, 11) is 1.26. The molecular weight excluding hydrogens is 225 g/mol. The van der Waals surface area contributed by atoms with Gasteiger partial charge in [0.2, 0.25) is 0 Å². The fraction of sp³-hybridized carbons (Fsp3) is 0.222. The first-order chi connectivity index (χ1) is 6.57. The first kappa shape index (κ1) is 11.3. The number of esters is 1. The van der Waals surface area contributed by atoms with Gasteiger partial charge in [-0.15, -0.1) is 0 Å². The van der Waals surface area contributed by atoms with Gasteiger partial charge in [0.1, 0.15) is 6.04 Å². The van der Waals surface area contributed by atoms with Crippen molar-refractivity contribution in [1.82, 2.24) is 0 Å². The third-order valence-corrected chi connectivity index (χ3v) is 2.61. The van der Waals surface area contributed by atoms with Crippen LogP contribution in [0.1, 0.15) is 11.6 Å². The minimum atomic E-state index is -0.897. The molecule has 1 aromatic carbocycles. The number of hydrogen-bond donors (Lipinski definition) is 1. The average molecular weight is 234 g/mol. The minimum absolute atomic E-state index is 0.284. The van der Waals surface area contributed by atoms with E-state index in [1.54, 1.807) is 18.2 Å². The third kappa shape index (κ3) is 2.18. The predicted molar refractivity (Wildman–Crippen MR) is 55.4 cm³/mol. The van der Waals surface area contributed by atoms with Gasteiger partial charge < -0.3 is 10.5 Å². The minimum Gasteiger partial charge on any atom is -0.468 e. The molecule has 0 radical (unpaired) electrons. The zero-order valence-corrected chi connectivity index (χ0v) is 8.97. The Morgan fingerprint density at radius 3 is 2.71 bits per heavy atom. The molecule has 0 aliphatic rings. The number of carbonyl (C=O) groups is 1. The SMILES string of the molecule is COC(=O)C(N)c1cccc(Cl)c1Cl. The highest BCUT2D eigenvalue weighted by Crippen LogP contribution is 2.29. The molecular formula is C9H9Cl2NO2. The van der Waals surface area contributed by atoms with E-state index in [-0.39, 0.29) is 5.02 Å². The van der Waals surface area contributed by atoms with Crippen molar-refractivity contribution < 1.29 is 9.53 Å². The summed E-state index contributed by atoms with van der Waals surface area (Å²) in [6.45, 7) is 0. The van der Waals surface area contributed by atoms with Crippen LogP contribution >= 0.6 is 23.2 Å². The van der Waals surface area contributed by atoms with Crippen LogP contribution in [-0.4, -0.2) is 13.1 Å². The lowest BCUT2D eigenvalue weighted by atomic mass is 10.1. The lowest BCUT2D eigenvalue weighted by Gasteiger charge is -2.11. The van der Waals surface area contributed by atoms with Gasteiger partial charge in [-0.2, -0.15) is 0 Å². The van der Waals surface area contributed by atoms with Crippen LogP contribution in [0, 0.1) is 0 Å². The average Bonchev–Trinajstić information content (AvgIpc) is 2.20. The van der Waals surface area contributed by atoms with Crippen LogP contribution in [0.3, 0.4) is 0 Å². The summed E-state index contributed by atoms with van der Waals surface area (Å²) in [5.41, 5.74) is 6.07. The number of methoxy groups -OCH3 is 1. The number of rotatable bonds is 2. The zero-order valence-electron chi connectivity index (χ0n) is 7.46. The summed E-state index contributed by atoms with van der Waals surface area (Å²) in [4.78, 5) is 11.1. The van der Waals surface area contributed by atoms with E-state index in [0.29, 0.717) is 10.6 Å². The molecule has 2 N–H and O–H groups in total. The van der Waals surface area contributed by atoms with Crippen molar-refractivity contribution in [3.63, 3.8) is 0 Å². The van der Waals surface area contributed by atoms with Gasteiger partial charge in [0.05, 0.1) is 17.2 Å². The van der Waals surface area contributed by atoms with Crippen LogP contribution in [0.25, 0.3) is 0 Å². The van der Waals surface area contributed by atoms with Gasteiger partial charge >= 0.3 is 5.97 Å². The van der Waals surface area contributed by atoms with E-state index in [2.05, 4.69) is 4.74 Å². The van der Waals surface area contributed by atoms with Crippen molar-refractivity contribution in [3.05, 3.63) is 33.8 Å². The number of carbonyl (C=O) groups excluding carboxylic acids is 1. The van der Waals surface area contributed by atoms with Gasteiger partial charge in [-0.05, 0) is 6.07 Å². The molecule has 1 aromatic rings. The molecule has 3 nitrogen and oxygen atoms in total. The largest absolute Gasteiger partial charge is 0.468 e. The number of ether oxygens (including phenoxy) is 1. The fourth-order valence-electron chi connectivity index (χ4n) is 1.01. The van der Waals surface area contributed by atoms with E-state index in [1.807, 2.05) is 0 Å². The van der Waals surface area contributed by atoms with Crippen molar-refractivity contribution in [1.29, 1.82) is 0 Å². The fourth-order valence-corrected chi connectivity index (χ4v) is 1.44. The lowest BCUT2D eigenvalue weighted by molar-refractivity contribution is -0.142. The molecule has 0 aliphatic heterocycles. The molecule has 14 heavy (non-hydrogen) atoms. The molecule has 0 aliphatic carbocycles. The Labute approximate surface area is 91.7 Å². The van der Waals surface area contributed by atoms with E-state index in [4.69, 9.17) is 28.9 Å². The van der Waals surface area contributed by atoms with E-state index in [1.165, 1.54) is 7.11 Å². The van der Waals surface area contributed by atoms with Crippen LogP contribution in [0.5, 0.6) is 0 Å². The van der Waals surface area contributed by atoms with Gasteiger partial charge in [-0.25, -0.2) is 0 Å². The van der Waals surface area contributed by atoms with Crippen LogP contribution < -0.4 is 5.73 Å². The van der Waals surface area contributed by atoms with Crippen molar-refractivity contribution in [3.8, 4) is 0 Å². The molecule has 0 saturated carbocycles. The number of benzene rings is 1. The van der Waals surface area contributed by atoms with E-state index < -0.39 is 12.0 Å². The Hall–Kier alpha value is -0.770. The highest BCUT2D eigenvalue weighted by atomic mass is 35.5. The smallest absolute Gasteiger partial charge is 0.327 e. The summed E-state index contributed by atoms with van der Waals surface area (Å²) in [5, 5.41) is 0.649. The Kier molecular flexibility index (Phi) is 3.75. The van der Waals surface area contributed by atoms with Gasteiger partial charge in [-0.1, -0.05) is 35.3 Å². The molecule has 1 rings (SSSR count). The van der Waals surface area contributed by atoms with Gasteiger partial charge in [0, 0.05) is 5.56 Å². The Balaban J connectivity index is 3.07. The summed E-state index contributed by atoms with van der Waals surface area (Å²) in [6.07, 6.45) is 0. The highest BCUT2D eigenvalue weighted by Gasteiger charge is 2.19. The van der Waals surface area contributed by atoms with Gasteiger partial charge in [0.25, 0.3) is 0 Å². The van der Waals surface area contributed by atoms with Crippen LogP contribution in [-0.2, 0) is 9.53 Å². The van der Waals surface area contributed by atoms with Crippen LogP contribution in [0.15, 0.2) is 18.2 Å². The monoisotopic (exact) mass is 233 g/mol. The van der Waals surface area contributed by atoms with Crippen molar-refractivity contribution in [2.24, 2.45) is 5.73 Å². The Morgan fingerprint density at radius 1 is 1.50 bits per heavy atom. The zero-order chi connectivity index (χ0) is 10.7. The molecule has 0 fully saturated rings. The molecule has 0 heterocycles. The van der Waals surface area contributed by atoms with Gasteiger partial charge in [0.15, 0.2) is 0 Å². The first-order valence-electron chi connectivity index (χ1n) is 3.85. The number of halogens is 2. The second-order valence-electron chi connectivity index (χ2n) is 2.64. The summed E-state index contributed by atoms with van der Waals surface area (Å²) >= 11 is 11.6. The molecule has 0 bridgehead atoms. The maximum atomic E-state index is 11.1. The summed E-state index contributed by atoms with van der Waals surface area (Å²) in [5.74, 6) is -0.547. The van der Waals surface area contributed by atoms with E-state index in [0.717, 1.165) is 0 Å². The number of nitrogens with two attached hydrogens (primary N) is 1. The topological polar surface area (TPSA) is 52.3 Å². The van der Waals surface area contributed by atoms with Crippen LogP contribution in [0.2, 0.25) is 10.0 Å².